The third-order valence-corrected chi connectivity index (χ3v) is 6.73. The van der Waals surface area contributed by atoms with E-state index in [9.17, 15) is 14.4 Å². The minimum atomic E-state index is -0.612. The number of esters is 1. The number of thioether (sulfide) groups is 1. The first-order chi connectivity index (χ1) is 18.0. The standard InChI is InChI=1S/C28H27N3O5S/c1-3-36-27(34)20-9-11-21(12-10-20)29-25(32)17-24-26(33)31(18-19-7-5-4-6-8-19)28(37-24)30-22-13-15-23(35-2)16-14-22/h4-16,24H,3,17-18H2,1-2H3,(H,29,32)/t24-/m1/s1. The highest BCUT2D eigenvalue weighted by molar-refractivity contribution is 8.15. The van der Waals surface area contributed by atoms with Gasteiger partial charge in [0.05, 0.1) is 31.5 Å². The first-order valence-electron chi connectivity index (χ1n) is 11.8. The number of ether oxygens (including phenoxy) is 2. The fraction of sp³-hybridized carbons (Fsp3) is 0.214. The van der Waals surface area contributed by atoms with Gasteiger partial charge in [0.1, 0.15) is 11.0 Å². The molecule has 1 atom stereocenters. The summed E-state index contributed by atoms with van der Waals surface area (Å²) in [6.45, 7) is 2.38. The lowest BCUT2D eigenvalue weighted by molar-refractivity contribution is -0.128. The molecule has 0 bridgehead atoms. The van der Waals surface area contributed by atoms with Gasteiger partial charge in [-0.3, -0.25) is 14.5 Å². The predicted molar refractivity (Wildman–Crippen MR) is 144 cm³/mol. The highest BCUT2D eigenvalue weighted by Gasteiger charge is 2.39. The Morgan fingerprint density at radius 1 is 1.00 bits per heavy atom. The lowest BCUT2D eigenvalue weighted by Gasteiger charge is -2.16. The van der Waals surface area contributed by atoms with E-state index in [1.807, 2.05) is 42.5 Å². The summed E-state index contributed by atoms with van der Waals surface area (Å²) in [7, 11) is 1.60. The van der Waals surface area contributed by atoms with E-state index in [0.717, 1.165) is 5.56 Å². The zero-order valence-electron chi connectivity index (χ0n) is 20.5. The molecule has 3 aromatic rings. The van der Waals surface area contributed by atoms with Gasteiger partial charge >= 0.3 is 5.97 Å². The second kappa shape index (κ2) is 12.2. The van der Waals surface area contributed by atoms with E-state index in [2.05, 4.69) is 5.32 Å². The molecule has 1 aliphatic heterocycles. The van der Waals surface area contributed by atoms with Crippen molar-refractivity contribution in [2.45, 2.75) is 25.1 Å². The van der Waals surface area contributed by atoms with E-state index in [0.29, 0.717) is 34.4 Å². The normalized spacial score (nSPS) is 16.1. The summed E-state index contributed by atoms with van der Waals surface area (Å²) in [4.78, 5) is 44.3. The molecule has 1 N–H and O–H groups in total. The molecule has 9 heteroatoms. The Bertz CT molecular complexity index is 1280. The molecule has 0 radical (unpaired) electrons. The number of hydrogen-bond acceptors (Lipinski definition) is 7. The van der Waals surface area contributed by atoms with Crippen LogP contribution in [-0.2, 0) is 20.9 Å². The maximum Gasteiger partial charge on any atom is 0.338 e. The molecule has 190 valence electrons. The van der Waals surface area contributed by atoms with Crippen LogP contribution in [0, 0.1) is 0 Å². The first kappa shape index (κ1) is 26.0. The highest BCUT2D eigenvalue weighted by Crippen LogP contribution is 2.33. The zero-order chi connectivity index (χ0) is 26.2. The third-order valence-electron chi connectivity index (χ3n) is 5.55. The summed E-state index contributed by atoms with van der Waals surface area (Å²) >= 11 is 1.27. The van der Waals surface area contributed by atoms with Crippen molar-refractivity contribution in [1.82, 2.24) is 4.90 Å². The van der Waals surface area contributed by atoms with E-state index >= 15 is 0 Å². The van der Waals surface area contributed by atoms with Gasteiger partial charge < -0.3 is 14.8 Å². The van der Waals surface area contributed by atoms with Gasteiger partial charge in [-0.25, -0.2) is 9.79 Å². The number of benzene rings is 3. The number of anilines is 1. The van der Waals surface area contributed by atoms with Gasteiger partial charge in [0, 0.05) is 12.1 Å². The molecule has 1 fully saturated rings. The minimum Gasteiger partial charge on any atom is -0.497 e. The van der Waals surface area contributed by atoms with E-state index < -0.39 is 11.2 Å². The van der Waals surface area contributed by atoms with Crippen LogP contribution in [0.25, 0.3) is 0 Å². The van der Waals surface area contributed by atoms with Crippen molar-refractivity contribution in [1.29, 1.82) is 0 Å². The first-order valence-corrected chi connectivity index (χ1v) is 12.7. The number of nitrogens with zero attached hydrogens (tertiary/aromatic N) is 2. The summed E-state index contributed by atoms with van der Waals surface area (Å²) < 4.78 is 10.2. The Labute approximate surface area is 219 Å². The number of carbonyl (C=O) groups is 3. The van der Waals surface area contributed by atoms with Crippen LogP contribution >= 0.6 is 11.8 Å². The van der Waals surface area contributed by atoms with Crippen molar-refractivity contribution >= 4 is 46.1 Å². The number of methoxy groups -OCH3 is 1. The Morgan fingerprint density at radius 2 is 1.70 bits per heavy atom. The van der Waals surface area contributed by atoms with E-state index in [4.69, 9.17) is 14.5 Å². The average molecular weight is 518 g/mol. The molecule has 4 rings (SSSR count). The van der Waals surface area contributed by atoms with E-state index in [1.54, 1.807) is 55.3 Å². The summed E-state index contributed by atoms with van der Waals surface area (Å²) in [5.41, 5.74) is 2.57. The molecule has 1 aliphatic rings. The van der Waals surface area contributed by atoms with Crippen LogP contribution in [-0.4, -0.2) is 46.8 Å². The molecule has 0 aromatic heterocycles. The number of aliphatic imine (C=N–C) groups is 1. The number of amides is 2. The van der Waals surface area contributed by atoms with Gasteiger partial charge in [0.25, 0.3) is 0 Å². The molecular formula is C28H27N3O5S. The molecule has 1 heterocycles. The van der Waals surface area contributed by atoms with Gasteiger partial charge in [0.15, 0.2) is 5.17 Å². The lowest BCUT2D eigenvalue weighted by Crippen LogP contribution is -2.33. The third kappa shape index (κ3) is 6.77. The van der Waals surface area contributed by atoms with Crippen LogP contribution in [0.1, 0.15) is 29.3 Å². The van der Waals surface area contributed by atoms with Gasteiger partial charge in [-0.2, -0.15) is 0 Å². The second-order valence-electron chi connectivity index (χ2n) is 8.16. The van der Waals surface area contributed by atoms with Crippen LogP contribution in [0.3, 0.4) is 0 Å². The van der Waals surface area contributed by atoms with E-state index in [1.165, 1.54) is 11.8 Å². The number of hydrogen-bond donors (Lipinski definition) is 1. The number of nitrogens with one attached hydrogen (secondary N) is 1. The topological polar surface area (TPSA) is 97.3 Å². The zero-order valence-corrected chi connectivity index (χ0v) is 21.4. The van der Waals surface area contributed by atoms with Crippen molar-refractivity contribution in [2.75, 3.05) is 19.0 Å². The maximum absolute atomic E-state index is 13.4. The smallest absolute Gasteiger partial charge is 0.338 e. The number of amidine groups is 1. The van der Waals surface area contributed by atoms with Crippen LogP contribution in [0.4, 0.5) is 11.4 Å². The second-order valence-corrected chi connectivity index (χ2v) is 9.33. The van der Waals surface area contributed by atoms with Crippen molar-refractivity contribution < 1.29 is 23.9 Å². The molecule has 2 amide bonds. The molecule has 0 unspecified atom stereocenters. The van der Waals surface area contributed by atoms with Crippen LogP contribution in [0.5, 0.6) is 5.75 Å². The fourth-order valence-corrected chi connectivity index (χ4v) is 4.85. The quantitative estimate of drug-likeness (QED) is 0.400. The number of rotatable bonds is 9. The monoisotopic (exact) mass is 517 g/mol. The van der Waals surface area contributed by atoms with Crippen LogP contribution in [0.15, 0.2) is 83.9 Å². The Balaban J connectivity index is 1.47. The molecule has 0 spiro atoms. The molecule has 0 saturated carbocycles. The molecule has 0 aliphatic carbocycles. The SMILES string of the molecule is CCOC(=O)c1ccc(NC(=O)C[C@H]2SC(=Nc3ccc(OC)cc3)N(Cc3ccccc3)C2=O)cc1. The predicted octanol–water partition coefficient (Wildman–Crippen LogP) is 5.03. The minimum absolute atomic E-state index is 0.0178. The molecule has 3 aromatic carbocycles. The number of carbonyl (C=O) groups excluding carboxylic acids is 3. The summed E-state index contributed by atoms with van der Waals surface area (Å²) in [6, 6.07) is 23.3. The Morgan fingerprint density at radius 3 is 2.35 bits per heavy atom. The molecule has 8 nitrogen and oxygen atoms in total. The lowest BCUT2D eigenvalue weighted by atomic mass is 10.2. The fourth-order valence-electron chi connectivity index (χ4n) is 3.69. The highest BCUT2D eigenvalue weighted by atomic mass is 32.2. The molecule has 37 heavy (non-hydrogen) atoms. The van der Waals surface area contributed by atoms with Crippen molar-refractivity contribution in [3.05, 3.63) is 90.0 Å². The van der Waals surface area contributed by atoms with Gasteiger partial charge in [-0.15, -0.1) is 0 Å². The average Bonchev–Trinajstić information content (AvgIpc) is 3.19. The van der Waals surface area contributed by atoms with Gasteiger partial charge in [-0.1, -0.05) is 42.1 Å². The summed E-state index contributed by atoms with van der Waals surface area (Å²) in [5, 5.41) is 2.73. The molecule has 1 saturated heterocycles. The van der Waals surface area contributed by atoms with Gasteiger partial charge in [0.2, 0.25) is 11.8 Å². The Kier molecular flexibility index (Phi) is 8.58. The van der Waals surface area contributed by atoms with Crippen LogP contribution < -0.4 is 10.1 Å². The van der Waals surface area contributed by atoms with E-state index in [-0.39, 0.29) is 24.8 Å². The van der Waals surface area contributed by atoms with Crippen molar-refractivity contribution in [2.24, 2.45) is 4.99 Å². The Hall–Kier alpha value is -4.11. The summed E-state index contributed by atoms with van der Waals surface area (Å²) in [6.07, 6.45) is -0.0178. The maximum atomic E-state index is 13.4. The van der Waals surface area contributed by atoms with Gasteiger partial charge in [-0.05, 0) is 61.0 Å². The largest absolute Gasteiger partial charge is 0.497 e. The summed E-state index contributed by atoms with van der Waals surface area (Å²) in [5.74, 6) is -0.186. The molecular weight excluding hydrogens is 490 g/mol. The van der Waals surface area contributed by atoms with Crippen molar-refractivity contribution in [3.8, 4) is 5.75 Å². The van der Waals surface area contributed by atoms with Crippen molar-refractivity contribution in [3.63, 3.8) is 0 Å². The van der Waals surface area contributed by atoms with Crippen LogP contribution in [0.2, 0.25) is 0 Å².